The van der Waals surface area contributed by atoms with E-state index in [1.54, 1.807) is 20.8 Å². The summed E-state index contributed by atoms with van der Waals surface area (Å²) in [6.07, 6.45) is -0.393. The van der Waals surface area contributed by atoms with Crippen LogP contribution in [0.1, 0.15) is 45.4 Å². The molecule has 0 aliphatic heterocycles. The van der Waals surface area contributed by atoms with Crippen molar-refractivity contribution in [3.05, 3.63) is 32.6 Å². The average Bonchev–Trinajstić information content (AvgIpc) is 2.54. The third-order valence-corrected chi connectivity index (χ3v) is 6.61. The lowest BCUT2D eigenvalue weighted by Gasteiger charge is -2.38. The van der Waals surface area contributed by atoms with Gasteiger partial charge in [0.05, 0.1) is 12.7 Å². The van der Waals surface area contributed by atoms with Crippen LogP contribution >= 0.6 is 7.37 Å². The van der Waals surface area contributed by atoms with E-state index in [-0.39, 0.29) is 18.1 Å². The third-order valence-electron chi connectivity index (χ3n) is 4.73. The summed E-state index contributed by atoms with van der Waals surface area (Å²) in [7, 11) is -2.81. The second kappa shape index (κ2) is 8.45. The summed E-state index contributed by atoms with van der Waals surface area (Å²) >= 11 is 0. The number of nitrogens with zero attached hydrogens (tertiary/aromatic N) is 1. The van der Waals surface area contributed by atoms with E-state index in [0.29, 0.717) is 13.0 Å². The Bertz CT molecular complexity index is 743. The van der Waals surface area contributed by atoms with Gasteiger partial charge >= 0.3 is 5.69 Å². The van der Waals surface area contributed by atoms with E-state index in [0.717, 1.165) is 4.57 Å². The van der Waals surface area contributed by atoms with Crippen molar-refractivity contribution in [2.24, 2.45) is 5.41 Å². The fourth-order valence-corrected chi connectivity index (χ4v) is 4.09. The standard InChI is InChI=1S/C16H29N2O6P/c1-6-16(4,12(19)8-9-25(5,23)24-7-2)14(21)18-10-11(3)13(20)17-15(18)22/h10,12,14,19,21H,6-9H2,1-5H3,(H,17,20,22). The smallest absolute Gasteiger partial charge is 0.330 e. The van der Waals surface area contributed by atoms with Crippen LogP contribution < -0.4 is 11.2 Å². The quantitative estimate of drug-likeness (QED) is 0.561. The van der Waals surface area contributed by atoms with Crippen molar-refractivity contribution in [3.63, 3.8) is 0 Å². The Morgan fingerprint density at radius 1 is 1.36 bits per heavy atom. The molecule has 0 spiro atoms. The molecule has 0 saturated carbocycles. The Hall–Kier alpha value is -1.21. The number of rotatable bonds is 9. The van der Waals surface area contributed by atoms with Crippen LogP contribution in [0.4, 0.5) is 0 Å². The molecule has 8 nitrogen and oxygen atoms in total. The van der Waals surface area contributed by atoms with Crippen molar-refractivity contribution in [1.29, 1.82) is 0 Å². The van der Waals surface area contributed by atoms with Crippen LogP contribution in [0.5, 0.6) is 0 Å². The topological polar surface area (TPSA) is 122 Å². The van der Waals surface area contributed by atoms with Crippen LogP contribution in [0.3, 0.4) is 0 Å². The summed E-state index contributed by atoms with van der Waals surface area (Å²) in [5.41, 5.74) is -2.05. The highest BCUT2D eigenvalue weighted by Gasteiger charge is 2.40. The predicted octanol–water partition coefficient (Wildman–Crippen LogP) is 1.45. The zero-order valence-corrected chi connectivity index (χ0v) is 16.4. The Morgan fingerprint density at radius 2 is 1.96 bits per heavy atom. The number of hydrogen-bond acceptors (Lipinski definition) is 6. The normalized spacial score (nSPS) is 19.0. The lowest BCUT2D eigenvalue weighted by Crippen LogP contribution is -2.45. The van der Waals surface area contributed by atoms with Gasteiger partial charge in [-0.3, -0.25) is 18.9 Å². The molecule has 0 bridgehead atoms. The number of aryl methyl sites for hydroxylation is 1. The Kier molecular flexibility index (Phi) is 7.38. The summed E-state index contributed by atoms with van der Waals surface area (Å²) < 4.78 is 18.4. The largest absolute Gasteiger partial charge is 0.392 e. The molecule has 144 valence electrons. The Labute approximate surface area is 147 Å². The van der Waals surface area contributed by atoms with Crippen LogP contribution in [0, 0.1) is 12.3 Å². The van der Waals surface area contributed by atoms with Crippen LogP contribution in [0.25, 0.3) is 0 Å². The fourth-order valence-electron chi connectivity index (χ4n) is 2.70. The molecule has 0 fully saturated rings. The molecular weight excluding hydrogens is 347 g/mol. The summed E-state index contributed by atoms with van der Waals surface area (Å²) in [4.78, 5) is 25.7. The van der Waals surface area contributed by atoms with E-state index in [1.165, 1.54) is 19.8 Å². The molecule has 1 rings (SSSR count). The minimum atomic E-state index is -2.81. The summed E-state index contributed by atoms with van der Waals surface area (Å²) in [5.74, 6) is 0. The van der Waals surface area contributed by atoms with Gasteiger partial charge in [0.2, 0.25) is 0 Å². The fraction of sp³-hybridized carbons (Fsp3) is 0.750. The van der Waals surface area contributed by atoms with Crippen molar-refractivity contribution < 1.29 is 19.3 Å². The minimum Gasteiger partial charge on any atom is -0.392 e. The van der Waals surface area contributed by atoms with E-state index in [4.69, 9.17) is 4.52 Å². The second-order valence-electron chi connectivity index (χ2n) is 6.67. The Morgan fingerprint density at radius 3 is 2.48 bits per heavy atom. The molecule has 4 atom stereocenters. The van der Waals surface area contributed by atoms with Gasteiger partial charge in [0, 0.05) is 30.0 Å². The molecule has 1 aromatic heterocycles. The van der Waals surface area contributed by atoms with Gasteiger partial charge in [-0.15, -0.1) is 0 Å². The molecule has 1 aromatic rings. The van der Waals surface area contributed by atoms with Gasteiger partial charge in [-0.2, -0.15) is 0 Å². The maximum absolute atomic E-state index is 12.2. The zero-order chi connectivity index (χ0) is 19.4. The highest BCUT2D eigenvalue weighted by Crippen LogP contribution is 2.45. The van der Waals surface area contributed by atoms with Gasteiger partial charge in [-0.25, -0.2) is 4.79 Å². The van der Waals surface area contributed by atoms with Gasteiger partial charge < -0.3 is 14.7 Å². The minimum absolute atomic E-state index is 0.159. The van der Waals surface area contributed by atoms with Crippen molar-refractivity contribution in [2.75, 3.05) is 19.4 Å². The van der Waals surface area contributed by atoms with Gasteiger partial charge in [-0.1, -0.05) is 13.8 Å². The van der Waals surface area contributed by atoms with E-state index < -0.39 is 36.4 Å². The molecule has 0 amide bonds. The number of hydrogen-bond donors (Lipinski definition) is 3. The van der Waals surface area contributed by atoms with Crippen LogP contribution in [-0.2, 0) is 9.09 Å². The summed E-state index contributed by atoms with van der Waals surface area (Å²) in [6, 6.07) is 0. The highest BCUT2D eigenvalue weighted by molar-refractivity contribution is 7.58. The molecule has 0 aliphatic rings. The maximum Gasteiger partial charge on any atom is 0.330 e. The monoisotopic (exact) mass is 376 g/mol. The number of H-pyrrole nitrogens is 1. The number of aromatic amines is 1. The third kappa shape index (κ3) is 5.14. The summed E-state index contributed by atoms with van der Waals surface area (Å²) in [5, 5.41) is 21.3. The number of aromatic nitrogens is 2. The number of nitrogens with one attached hydrogen (secondary N) is 1. The average molecular weight is 376 g/mol. The van der Waals surface area contributed by atoms with Gasteiger partial charge in [0.15, 0.2) is 7.37 Å². The maximum atomic E-state index is 12.2. The lowest BCUT2D eigenvalue weighted by molar-refractivity contribution is -0.102. The molecule has 3 N–H and O–H groups in total. The van der Waals surface area contributed by atoms with Gasteiger partial charge in [0.1, 0.15) is 6.23 Å². The summed E-state index contributed by atoms with van der Waals surface area (Å²) in [6.45, 7) is 8.54. The molecule has 0 radical (unpaired) electrons. The van der Waals surface area contributed by atoms with E-state index in [1.807, 2.05) is 0 Å². The predicted molar refractivity (Wildman–Crippen MR) is 96.4 cm³/mol. The van der Waals surface area contributed by atoms with Gasteiger partial charge in [-0.05, 0) is 26.7 Å². The first-order chi connectivity index (χ1) is 11.5. The van der Waals surface area contributed by atoms with Crippen molar-refractivity contribution in [3.8, 4) is 0 Å². The first-order valence-electron chi connectivity index (χ1n) is 8.37. The molecule has 0 saturated heterocycles. The van der Waals surface area contributed by atoms with Crippen LogP contribution in [0.2, 0.25) is 0 Å². The molecule has 1 heterocycles. The Balaban J connectivity index is 3.08. The highest BCUT2D eigenvalue weighted by atomic mass is 31.2. The zero-order valence-electron chi connectivity index (χ0n) is 15.5. The first-order valence-corrected chi connectivity index (χ1v) is 10.6. The molecule has 0 aliphatic carbocycles. The molecule has 4 unspecified atom stereocenters. The molecular formula is C16H29N2O6P. The van der Waals surface area contributed by atoms with Crippen molar-refractivity contribution >= 4 is 7.37 Å². The second-order valence-corrected chi connectivity index (χ2v) is 9.41. The van der Waals surface area contributed by atoms with Crippen LogP contribution in [0.15, 0.2) is 15.8 Å². The molecule has 9 heteroatoms. The lowest BCUT2D eigenvalue weighted by atomic mass is 9.78. The first kappa shape index (κ1) is 21.8. The van der Waals surface area contributed by atoms with E-state index >= 15 is 0 Å². The number of aliphatic hydroxyl groups excluding tert-OH is 2. The SMILES string of the molecule is CCOP(C)(=O)CCC(O)C(C)(CC)C(O)n1cc(C)c(=O)[nH]c1=O. The van der Waals surface area contributed by atoms with Gasteiger partial charge in [0.25, 0.3) is 5.56 Å². The van der Waals surface area contributed by atoms with E-state index in [9.17, 15) is 24.4 Å². The van der Waals surface area contributed by atoms with Crippen molar-refractivity contribution in [1.82, 2.24) is 9.55 Å². The number of aliphatic hydroxyl groups is 2. The van der Waals surface area contributed by atoms with E-state index in [2.05, 4.69) is 4.98 Å². The van der Waals surface area contributed by atoms with Crippen LogP contribution in [-0.4, -0.2) is 45.3 Å². The van der Waals surface area contributed by atoms with Crippen molar-refractivity contribution in [2.45, 2.75) is 52.9 Å². The molecule has 0 aromatic carbocycles. The molecule has 25 heavy (non-hydrogen) atoms.